The Morgan fingerprint density at radius 2 is 1.97 bits per heavy atom. The molecule has 3 aromatic rings. The van der Waals surface area contributed by atoms with E-state index in [0.717, 1.165) is 0 Å². The van der Waals surface area contributed by atoms with Crippen molar-refractivity contribution in [2.45, 2.75) is 6.54 Å². The van der Waals surface area contributed by atoms with Crippen LogP contribution < -0.4 is 0 Å². The third-order valence-corrected chi connectivity index (χ3v) is 5.56. The molecule has 1 amide bonds. The van der Waals surface area contributed by atoms with Gasteiger partial charge in [-0.25, -0.2) is 4.39 Å². The summed E-state index contributed by atoms with van der Waals surface area (Å²) in [5.74, 6) is -0.517. The summed E-state index contributed by atoms with van der Waals surface area (Å²) in [6, 6.07) is 9.03. The Labute approximate surface area is 170 Å². The van der Waals surface area contributed by atoms with Gasteiger partial charge in [0.1, 0.15) is 5.82 Å². The average molecular weight is 417 g/mol. The zero-order valence-corrected chi connectivity index (χ0v) is 16.2. The second-order valence-corrected chi connectivity index (χ2v) is 7.37. The number of nitro groups is 1. The number of nitrogens with one attached hydrogen (secondary N) is 1. The standard InChI is InChI=1S/C20H18ClFN4O3/c21-17-2-1-3-18(22)16(17)12-24-6-8-25(9-7-24)20(27)15-11-23-19-5-4-13(26(28)29)10-14(15)19/h1-5,10-11,23H,6-9,12H2. The van der Waals surface area contributed by atoms with Gasteiger partial charge in [0.05, 0.1) is 10.5 Å². The quantitative estimate of drug-likeness (QED) is 0.517. The maximum atomic E-state index is 14.0. The van der Waals surface area contributed by atoms with E-state index in [1.54, 1.807) is 29.3 Å². The second kappa shape index (κ2) is 7.81. The highest BCUT2D eigenvalue weighted by Gasteiger charge is 2.25. The van der Waals surface area contributed by atoms with Gasteiger partial charge in [0.15, 0.2) is 0 Å². The SMILES string of the molecule is O=C(c1c[nH]c2ccc([N+](=O)[O-])cc12)N1CCN(Cc2c(F)cccc2Cl)CC1. The van der Waals surface area contributed by atoms with E-state index in [2.05, 4.69) is 4.98 Å². The summed E-state index contributed by atoms with van der Waals surface area (Å²) < 4.78 is 14.0. The van der Waals surface area contributed by atoms with Crippen molar-refractivity contribution in [3.05, 3.63) is 74.7 Å². The normalized spacial score (nSPS) is 15.0. The number of nitro benzene ring substituents is 1. The monoisotopic (exact) mass is 416 g/mol. The maximum Gasteiger partial charge on any atom is 0.270 e. The van der Waals surface area contributed by atoms with Crippen LogP contribution in [0, 0.1) is 15.9 Å². The molecule has 1 saturated heterocycles. The van der Waals surface area contributed by atoms with Crippen LogP contribution in [0.4, 0.5) is 10.1 Å². The van der Waals surface area contributed by atoms with Crippen LogP contribution in [0.2, 0.25) is 5.02 Å². The molecule has 9 heteroatoms. The van der Waals surface area contributed by atoms with Gasteiger partial charge in [-0.1, -0.05) is 17.7 Å². The number of non-ortho nitro benzene ring substituents is 1. The van der Waals surface area contributed by atoms with Gasteiger partial charge in [-0.2, -0.15) is 0 Å². The highest BCUT2D eigenvalue weighted by Crippen LogP contribution is 2.26. The number of H-pyrrole nitrogens is 1. The Bertz CT molecular complexity index is 1070. The molecule has 0 atom stereocenters. The molecule has 0 spiro atoms. The molecule has 1 aliphatic heterocycles. The Kier molecular flexibility index (Phi) is 5.21. The van der Waals surface area contributed by atoms with Gasteiger partial charge >= 0.3 is 0 Å². The largest absolute Gasteiger partial charge is 0.360 e. The molecule has 7 nitrogen and oxygen atoms in total. The van der Waals surface area contributed by atoms with Gasteiger partial charge in [0.25, 0.3) is 11.6 Å². The van der Waals surface area contributed by atoms with Gasteiger partial charge in [-0.15, -0.1) is 0 Å². The Morgan fingerprint density at radius 3 is 2.66 bits per heavy atom. The number of benzene rings is 2. The minimum absolute atomic E-state index is 0.0577. The first-order chi connectivity index (χ1) is 13.9. The molecule has 1 N–H and O–H groups in total. The summed E-state index contributed by atoms with van der Waals surface area (Å²) in [5.41, 5.74) is 1.48. The molecule has 0 saturated carbocycles. The molecule has 0 aliphatic carbocycles. The van der Waals surface area contributed by atoms with Crippen molar-refractivity contribution in [1.29, 1.82) is 0 Å². The highest BCUT2D eigenvalue weighted by molar-refractivity contribution is 6.31. The van der Waals surface area contributed by atoms with Crippen molar-refractivity contribution < 1.29 is 14.1 Å². The maximum absolute atomic E-state index is 14.0. The van der Waals surface area contributed by atoms with E-state index < -0.39 is 4.92 Å². The zero-order chi connectivity index (χ0) is 20.5. The number of aromatic amines is 1. The number of carbonyl (C=O) groups is 1. The summed E-state index contributed by atoms with van der Waals surface area (Å²) >= 11 is 6.10. The number of rotatable bonds is 4. The van der Waals surface area contributed by atoms with Crippen molar-refractivity contribution in [2.24, 2.45) is 0 Å². The Morgan fingerprint density at radius 1 is 1.21 bits per heavy atom. The van der Waals surface area contributed by atoms with Crippen molar-refractivity contribution in [1.82, 2.24) is 14.8 Å². The summed E-state index contributed by atoms with van der Waals surface area (Å²) in [4.78, 5) is 30.3. The lowest BCUT2D eigenvalue weighted by molar-refractivity contribution is -0.384. The van der Waals surface area contributed by atoms with Crippen LogP contribution in [0.5, 0.6) is 0 Å². The van der Waals surface area contributed by atoms with Gasteiger partial charge in [-0.05, 0) is 18.2 Å². The van der Waals surface area contributed by atoms with Gasteiger partial charge in [0, 0.05) is 72.5 Å². The fraction of sp³-hybridized carbons (Fsp3) is 0.250. The predicted molar refractivity (Wildman–Crippen MR) is 108 cm³/mol. The number of amides is 1. The second-order valence-electron chi connectivity index (χ2n) is 6.96. The smallest absolute Gasteiger partial charge is 0.270 e. The van der Waals surface area contributed by atoms with Crippen LogP contribution >= 0.6 is 11.6 Å². The fourth-order valence-electron chi connectivity index (χ4n) is 3.59. The number of halogens is 2. The number of fused-ring (bicyclic) bond motifs is 1. The molecular formula is C20H18ClFN4O3. The van der Waals surface area contributed by atoms with E-state index in [0.29, 0.717) is 59.8 Å². The van der Waals surface area contributed by atoms with E-state index in [4.69, 9.17) is 11.6 Å². The predicted octanol–water partition coefficient (Wildman–Crippen LogP) is 3.83. The lowest BCUT2D eigenvalue weighted by Gasteiger charge is -2.34. The molecule has 29 heavy (non-hydrogen) atoms. The minimum atomic E-state index is -0.479. The summed E-state index contributed by atoms with van der Waals surface area (Å²) in [5, 5.41) is 12.0. The first-order valence-corrected chi connectivity index (χ1v) is 9.52. The van der Waals surface area contributed by atoms with Crippen LogP contribution in [0.25, 0.3) is 10.9 Å². The van der Waals surface area contributed by atoms with Crippen LogP contribution in [0.15, 0.2) is 42.6 Å². The number of nitrogens with zero attached hydrogens (tertiary/aromatic N) is 3. The van der Waals surface area contributed by atoms with E-state index in [9.17, 15) is 19.3 Å². The van der Waals surface area contributed by atoms with Gasteiger partial charge in [0.2, 0.25) is 0 Å². The molecule has 4 rings (SSSR count). The minimum Gasteiger partial charge on any atom is -0.360 e. The van der Waals surface area contributed by atoms with Crippen LogP contribution in [0.3, 0.4) is 0 Å². The van der Waals surface area contributed by atoms with Crippen LogP contribution in [-0.4, -0.2) is 51.8 Å². The number of hydrogen-bond donors (Lipinski definition) is 1. The molecule has 0 bridgehead atoms. The molecule has 0 radical (unpaired) electrons. The van der Waals surface area contributed by atoms with Crippen molar-refractivity contribution in [2.75, 3.05) is 26.2 Å². The summed E-state index contributed by atoms with van der Waals surface area (Å²) in [6.45, 7) is 2.50. The van der Waals surface area contributed by atoms with Crippen LogP contribution in [0.1, 0.15) is 15.9 Å². The molecule has 0 unspecified atom stereocenters. The topological polar surface area (TPSA) is 82.5 Å². The molecule has 1 aliphatic rings. The molecule has 150 valence electrons. The van der Waals surface area contributed by atoms with Gasteiger partial charge < -0.3 is 9.88 Å². The van der Waals surface area contributed by atoms with Gasteiger partial charge in [-0.3, -0.25) is 19.8 Å². The summed E-state index contributed by atoms with van der Waals surface area (Å²) in [6.07, 6.45) is 1.59. The fourth-order valence-corrected chi connectivity index (χ4v) is 3.81. The Balaban J connectivity index is 1.46. The zero-order valence-electron chi connectivity index (χ0n) is 15.4. The lowest BCUT2D eigenvalue weighted by Crippen LogP contribution is -2.48. The van der Waals surface area contributed by atoms with Crippen molar-refractivity contribution in [3.8, 4) is 0 Å². The molecular weight excluding hydrogens is 399 g/mol. The van der Waals surface area contributed by atoms with E-state index in [-0.39, 0.29) is 17.4 Å². The molecule has 2 heterocycles. The summed E-state index contributed by atoms with van der Waals surface area (Å²) in [7, 11) is 0. The highest BCUT2D eigenvalue weighted by atomic mass is 35.5. The molecule has 1 aromatic heterocycles. The lowest BCUT2D eigenvalue weighted by atomic mass is 10.1. The number of carbonyl (C=O) groups excluding carboxylic acids is 1. The van der Waals surface area contributed by atoms with Crippen molar-refractivity contribution >= 4 is 34.1 Å². The first-order valence-electron chi connectivity index (χ1n) is 9.14. The van der Waals surface area contributed by atoms with E-state index in [1.165, 1.54) is 18.2 Å². The average Bonchev–Trinajstić information content (AvgIpc) is 3.14. The first kappa shape index (κ1) is 19.4. The third-order valence-electron chi connectivity index (χ3n) is 5.21. The number of hydrogen-bond acceptors (Lipinski definition) is 4. The number of piperazine rings is 1. The van der Waals surface area contributed by atoms with Crippen LogP contribution in [-0.2, 0) is 6.54 Å². The third kappa shape index (κ3) is 3.81. The number of aromatic nitrogens is 1. The molecule has 2 aromatic carbocycles. The van der Waals surface area contributed by atoms with E-state index >= 15 is 0 Å². The molecule has 1 fully saturated rings. The van der Waals surface area contributed by atoms with Crippen molar-refractivity contribution in [3.63, 3.8) is 0 Å². The van der Waals surface area contributed by atoms with E-state index in [1.807, 2.05) is 4.90 Å². The Hall–Kier alpha value is -2.97.